The van der Waals surface area contributed by atoms with E-state index in [9.17, 15) is 4.79 Å². The summed E-state index contributed by atoms with van der Waals surface area (Å²) in [5.41, 5.74) is 0. The Morgan fingerprint density at radius 2 is 1.87 bits per heavy atom. The van der Waals surface area contributed by atoms with Gasteiger partial charge in [-0.05, 0) is 45.2 Å². The first-order valence-electron chi connectivity index (χ1n) is 5.74. The van der Waals surface area contributed by atoms with Crippen molar-refractivity contribution in [3.63, 3.8) is 0 Å². The van der Waals surface area contributed by atoms with Crippen molar-refractivity contribution < 1.29 is 4.79 Å². The SMILES string of the molecule is CNCC1CCN(C(=O)C2CC2)CC1.Cl. The first-order valence-corrected chi connectivity index (χ1v) is 5.74. The summed E-state index contributed by atoms with van der Waals surface area (Å²) < 4.78 is 0. The summed E-state index contributed by atoms with van der Waals surface area (Å²) in [6.07, 6.45) is 4.63. The van der Waals surface area contributed by atoms with Gasteiger partial charge in [0, 0.05) is 19.0 Å². The van der Waals surface area contributed by atoms with Gasteiger partial charge < -0.3 is 10.2 Å². The van der Waals surface area contributed by atoms with Gasteiger partial charge >= 0.3 is 0 Å². The average Bonchev–Trinajstić information content (AvgIpc) is 3.02. The Bertz CT molecular complexity index is 211. The minimum Gasteiger partial charge on any atom is -0.342 e. The van der Waals surface area contributed by atoms with Crippen molar-refractivity contribution in [2.24, 2.45) is 11.8 Å². The zero-order valence-corrected chi connectivity index (χ0v) is 10.2. The van der Waals surface area contributed by atoms with E-state index < -0.39 is 0 Å². The highest BCUT2D eigenvalue weighted by Crippen LogP contribution is 2.32. The van der Waals surface area contributed by atoms with Crippen LogP contribution in [0.5, 0.6) is 0 Å². The second-order valence-electron chi connectivity index (χ2n) is 4.60. The minimum atomic E-state index is 0. The number of hydrogen-bond donors (Lipinski definition) is 1. The van der Waals surface area contributed by atoms with Gasteiger partial charge in [0.1, 0.15) is 0 Å². The molecule has 0 aromatic heterocycles. The van der Waals surface area contributed by atoms with Crippen LogP contribution in [0.25, 0.3) is 0 Å². The van der Waals surface area contributed by atoms with Gasteiger partial charge in [-0.1, -0.05) is 0 Å². The number of piperidine rings is 1. The van der Waals surface area contributed by atoms with Crippen LogP contribution in [0.2, 0.25) is 0 Å². The van der Waals surface area contributed by atoms with Crippen molar-refractivity contribution in [2.45, 2.75) is 25.7 Å². The van der Waals surface area contributed by atoms with E-state index in [0.29, 0.717) is 11.8 Å². The standard InChI is InChI=1S/C11H20N2O.ClH/c1-12-8-9-4-6-13(7-5-9)11(14)10-2-3-10;/h9-10,12H,2-8H2,1H3;1H. The second-order valence-corrected chi connectivity index (χ2v) is 4.60. The Morgan fingerprint density at radius 1 is 1.27 bits per heavy atom. The number of nitrogens with one attached hydrogen (secondary N) is 1. The number of carbonyl (C=O) groups is 1. The van der Waals surface area contributed by atoms with E-state index in [1.54, 1.807) is 0 Å². The number of rotatable bonds is 3. The fraction of sp³-hybridized carbons (Fsp3) is 0.909. The third-order valence-corrected chi connectivity index (χ3v) is 3.35. The highest BCUT2D eigenvalue weighted by Gasteiger charge is 2.34. The van der Waals surface area contributed by atoms with Gasteiger partial charge in [0.05, 0.1) is 0 Å². The highest BCUT2D eigenvalue weighted by atomic mass is 35.5. The quantitative estimate of drug-likeness (QED) is 0.795. The summed E-state index contributed by atoms with van der Waals surface area (Å²) >= 11 is 0. The lowest BCUT2D eigenvalue weighted by Gasteiger charge is -2.32. The number of nitrogens with zero attached hydrogens (tertiary/aromatic N) is 1. The molecule has 0 aromatic rings. The Kier molecular flexibility index (Phi) is 4.87. The molecule has 1 aliphatic carbocycles. The molecule has 4 heteroatoms. The number of halogens is 1. The normalized spacial score (nSPS) is 22.3. The Balaban J connectivity index is 0.00000112. The molecule has 0 atom stereocenters. The minimum absolute atomic E-state index is 0. The third-order valence-electron chi connectivity index (χ3n) is 3.35. The van der Waals surface area contributed by atoms with Crippen LogP contribution < -0.4 is 5.32 Å². The van der Waals surface area contributed by atoms with Crippen molar-refractivity contribution in [3.8, 4) is 0 Å². The molecule has 3 nitrogen and oxygen atoms in total. The lowest BCUT2D eigenvalue weighted by Crippen LogP contribution is -2.41. The van der Waals surface area contributed by atoms with Crippen LogP contribution in [-0.2, 0) is 4.79 Å². The maximum absolute atomic E-state index is 11.7. The largest absolute Gasteiger partial charge is 0.342 e. The molecule has 1 saturated heterocycles. The molecule has 88 valence electrons. The van der Waals surface area contributed by atoms with Crippen LogP contribution in [0.4, 0.5) is 0 Å². The molecule has 0 spiro atoms. The Morgan fingerprint density at radius 3 is 2.33 bits per heavy atom. The van der Waals surface area contributed by atoms with Gasteiger partial charge in [-0.25, -0.2) is 0 Å². The molecule has 2 fully saturated rings. The summed E-state index contributed by atoms with van der Waals surface area (Å²) in [7, 11) is 2.00. The molecule has 0 unspecified atom stereocenters. The topological polar surface area (TPSA) is 32.3 Å². The smallest absolute Gasteiger partial charge is 0.225 e. The molecule has 0 radical (unpaired) electrons. The summed E-state index contributed by atoms with van der Waals surface area (Å²) in [4.78, 5) is 13.8. The summed E-state index contributed by atoms with van der Waals surface area (Å²) in [6, 6.07) is 0. The van der Waals surface area contributed by atoms with Gasteiger partial charge in [0.25, 0.3) is 0 Å². The lowest BCUT2D eigenvalue weighted by molar-refractivity contribution is -0.133. The van der Waals surface area contributed by atoms with E-state index in [1.165, 1.54) is 12.8 Å². The van der Waals surface area contributed by atoms with E-state index in [0.717, 1.165) is 38.4 Å². The van der Waals surface area contributed by atoms with Crippen LogP contribution in [0.1, 0.15) is 25.7 Å². The molecule has 15 heavy (non-hydrogen) atoms. The van der Waals surface area contributed by atoms with Crippen molar-refractivity contribution >= 4 is 18.3 Å². The van der Waals surface area contributed by atoms with E-state index in [-0.39, 0.29) is 12.4 Å². The van der Waals surface area contributed by atoms with Crippen molar-refractivity contribution in [3.05, 3.63) is 0 Å². The van der Waals surface area contributed by atoms with Crippen LogP contribution in [0.3, 0.4) is 0 Å². The highest BCUT2D eigenvalue weighted by molar-refractivity contribution is 5.85. The Labute approximate surface area is 98.0 Å². The Hall–Kier alpha value is -0.280. The van der Waals surface area contributed by atoms with Gasteiger partial charge in [-0.15, -0.1) is 12.4 Å². The van der Waals surface area contributed by atoms with E-state index in [1.807, 2.05) is 7.05 Å². The summed E-state index contributed by atoms with van der Waals surface area (Å²) in [5.74, 6) is 1.60. The molecule has 1 N–H and O–H groups in total. The van der Waals surface area contributed by atoms with Gasteiger partial charge in [-0.3, -0.25) is 4.79 Å². The molecule has 2 aliphatic rings. The fourth-order valence-electron chi connectivity index (χ4n) is 2.23. The maximum atomic E-state index is 11.7. The predicted molar refractivity (Wildman–Crippen MR) is 63.2 cm³/mol. The first kappa shape index (κ1) is 12.8. The molecule has 1 heterocycles. The predicted octanol–water partition coefficient (Wildman–Crippen LogP) is 1.28. The van der Waals surface area contributed by atoms with Crippen LogP contribution >= 0.6 is 12.4 Å². The lowest BCUT2D eigenvalue weighted by atomic mass is 9.96. The molecule has 1 saturated carbocycles. The van der Waals surface area contributed by atoms with Crippen LogP contribution in [0.15, 0.2) is 0 Å². The summed E-state index contributed by atoms with van der Waals surface area (Å²) in [6.45, 7) is 3.08. The third kappa shape index (κ3) is 3.35. The van der Waals surface area contributed by atoms with Crippen LogP contribution in [0, 0.1) is 11.8 Å². The van der Waals surface area contributed by atoms with Crippen LogP contribution in [-0.4, -0.2) is 37.5 Å². The van der Waals surface area contributed by atoms with Gasteiger partial charge in [-0.2, -0.15) is 0 Å². The fourth-order valence-corrected chi connectivity index (χ4v) is 2.23. The van der Waals surface area contributed by atoms with E-state index in [4.69, 9.17) is 0 Å². The van der Waals surface area contributed by atoms with Gasteiger partial charge in [0.2, 0.25) is 5.91 Å². The van der Waals surface area contributed by atoms with Crippen molar-refractivity contribution in [1.29, 1.82) is 0 Å². The van der Waals surface area contributed by atoms with Crippen molar-refractivity contribution in [1.82, 2.24) is 10.2 Å². The molecule has 0 aromatic carbocycles. The molecule has 0 bridgehead atoms. The van der Waals surface area contributed by atoms with Gasteiger partial charge in [0.15, 0.2) is 0 Å². The first-order chi connectivity index (χ1) is 6.81. The molecule has 1 amide bonds. The van der Waals surface area contributed by atoms with Crippen molar-refractivity contribution in [2.75, 3.05) is 26.7 Å². The number of carbonyl (C=O) groups excluding carboxylic acids is 1. The maximum Gasteiger partial charge on any atom is 0.225 e. The molecular weight excluding hydrogens is 212 g/mol. The average molecular weight is 233 g/mol. The molecular formula is C11H21ClN2O. The number of hydrogen-bond acceptors (Lipinski definition) is 2. The summed E-state index contributed by atoms with van der Waals surface area (Å²) in [5, 5.41) is 3.21. The number of likely N-dealkylation sites (tertiary alicyclic amines) is 1. The molecule has 2 rings (SSSR count). The zero-order chi connectivity index (χ0) is 9.97. The molecule has 1 aliphatic heterocycles. The second kappa shape index (κ2) is 5.71. The monoisotopic (exact) mass is 232 g/mol. The van der Waals surface area contributed by atoms with E-state index in [2.05, 4.69) is 10.2 Å². The zero-order valence-electron chi connectivity index (χ0n) is 9.37. The van der Waals surface area contributed by atoms with E-state index >= 15 is 0 Å². The number of amides is 1.